The number of hydrogen-bond donors (Lipinski definition) is 2. The number of hydrogen-bond acceptors (Lipinski definition) is 4. The normalized spacial score (nSPS) is 17.0. The van der Waals surface area contributed by atoms with Crippen molar-refractivity contribution < 1.29 is 5.21 Å². The first-order valence-electron chi connectivity index (χ1n) is 5.44. The number of imidazole rings is 1. The summed E-state index contributed by atoms with van der Waals surface area (Å²) in [6.07, 6.45) is 1.21. The first-order chi connectivity index (χ1) is 8.21. The van der Waals surface area contributed by atoms with Crippen LogP contribution in [0.4, 0.5) is 0 Å². The highest BCUT2D eigenvalue weighted by Crippen LogP contribution is 2.22. The number of nitrogens with zero attached hydrogens (tertiary/aromatic N) is 5. The van der Waals surface area contributed by atoms with E-state index in [9.17, 15) is 5.21 Å². The first-order valence-corrected chi connectivity index (χ1v) is 5.44. The molecule has 0 saturated heterocycles. The molecular weight excluding hydrogens is 220 g/mol. The number of fused-ring (bicyclic) bond motifs is 1. The molecule has 7 heteroatoms. The van der Waals surface area contributed by atoms with Crippen LogP contribution in [0.2, 0.25) is 0 Å². The van der Waals surface area contributed by atoms with Crippen LogP contribution in [-0.4, -0.2) is 39.0 Å². The van der Waals surface area contributed by atoms with Crippen molar-refractivity contribution in [3.8, 4) is 0 Å². The van der Waals surface area contributed by atoms with Crippen LogP contribution in [0.5, 0.6) is 0 Å². The summed E-state index contributed by atoms with van der Waals surface area (Å²) >= 11 is 0. The van der Waals surface area contributed by atoms with E-state index in [4.69, 9.17) is 5.73 Å². The molecule has 3 N–H and O–H groups in total. The van der Waals surface area contributed by atoms with Gasteiger partial charge in [-0.25, -0.2) is 9.98 Å². The fraction of sp³-hybridized carbons (Fsp3) is 0.500. The predicted octanol–water partition coefficient (Wildman–Crippen LogP) is -0.0288. The third-order valence-corrected chi connectivity index (χ3v) is 2.74. The van der Waals surface area contributed by atoms with Gasteiger partial charge in [-0.15, -0.1) is 0 Å². The van der Waals surface area contributed by atoms with Crippen LogP contribution in [0.15, 0.2) is 9.98 Å². The van der Waals surface area contributed by atoms with Crippen LogP contribution in [0.25, 0.3) is 0 Å². The highest BCUT2D eigenvalue weighted by molar-refractivity contribution is 6.00. The second-order valence-corrected chi connectivity index (χ2v) is 3.72. The quantitative estimate of drug-likeness (QED) is 0.557. The summed E-state index contributed by atoms with van der Waals surface area (Å²) in [5, 5.41) is 10.7. The lowest BCUT2D eigenvalue weighted by Crippen LogP contribution is -2.16. The molecule has 1 aliphatic rings. The van der Waals surface area contributed by atoms with Crippen LogP contribution < -0.4 is 5.73 Å². The lowest BCUT2D eigenvalue weighted by Gasteiger charge is -2.09. The van der Waals surface area contributed by atoms with Gasteiger partial charge in [0.05, 0.1) is 30.8 Å². The Balaban J connectivity index is 2.47. The number of amidine groups is 1. The van der Waals surface area contributed by atoms with Gasteiger partial charge in [0, 0.05) is 13.6 Å². The molecule has 0 fully saturated rings. The van der Waals surface area contributed by atoms with Crippen molar-refractivity contribution in [1.29, 1.82) is 0 Å². The fourth-order valence-electron chi connectivity index (χ4n) is 2.04. The van der Waals surface area contributed by atoms with E-state index in [2.05, 4.69) is 15.0 Å². The number of aromatic nitrogens is 2. The Labute approximate surface area is 99.3 Å². The largest absolute Gasteiger partial charge is 0.390 e. The average Bonchev–Trinajstić information content (AvgIpc) is 2.81. The topological polar surface area (TPSA) is 92.0 Å². The zero-order valence-electron chi connectivity index (χ0n) is 9.96. The number of hydroxylamine groups is 2. The summed E-state index contributed by atoms with van der Waals surface area (Å²) in [5.41, 5.74) is 7.17. The molecule has 0 aliphatic carbocycles. The van der Waals surface area contributed by atoms with E-state index in [1.54, 1.807) is 7.05 Å². The molecule has 0 atom stereocenters. The summed E-state index contributed by atoms with van der Waals surface area (Å²) in [5.74, 6) is 1.21. The Morgan fingerprint density at radius 2 is 2.35 bits per heavy atom. The van der Waals surface area contributed by atoms with Gasteiger partial charge in [-0.05, 0) is 6.92 Å². The standard InChI is InChI=1S/C10H16N6O/c1-3-16-8-5-15(17)4-7(8)14-10(16)9(12-2)13-6-11/h6,17H,3-5H2,1-2H3,(H2,11,12,13). The van der Waals surface area contributed by atoms with Crippen LogP contribution in [0.1, 0.15) is 24.1 Å². The van der Waals surface area contributed by atoms with Gasteiger partial charge in [-0.2, -0.15) is 5.06 Å². The molecule has 0 bridgehead atoms. The van der Waals surface area contributed by atoms with Gasteiger partial charge in [-0.3, -0.25) is 4.99 Å². The summed E-state index contributed by atoms with van der Waals surface area (Å²) in [6.45, 7) is 3.70. The molecule has 92 valence electrons. The summed E-state index contributed by atoms with van der Waals surface area (Å²) in [7, 11) is 1.65. The van der Waals surface area contributed by atoms with Crippen molar-refractivity contribution in [3.63, 3.8) is 0 Å². The van der Waals surface area contributed by atoms with Crippen molar-refractivity contribution in [1.82, 2.24) is 14.6 Å². The minimum Gasteiger partial charge on any atom is -0.390 e. The minimum absolute atomic E-state index is 0.443. The smallest absolute Gasteiger partial charge is 0.192 e. The first kappa shape index (κ1) is 11.7. The average molecular weight is 236 g/mol. The molecule has 0 spiro atoms. The lowest BCUT2D eigenvalue weighted by molar-refractivity contribution is -0.0986. The van der Waals surface area contributed by atoms with Crippen molar-refractivity contribution >= 4 is 12.2 Å². The number of aliphatic imine (C=N–C) groups is 2. The Hall–Kier alpha value is -1.73. The second kappa shape index (κ2) is 4.64. The zero-order chi connectivity index (χ0) is 12.4. The van der Waals surface area contributed by atoms with Crippen LogP contribution in [-0.2, 0) is 19.6 Å². The van der Waals surface area contributed by atoms with Crippen molar-refractivity contribution in [3.05, 3.63) is 17.2 Å². The van der Waals surface area contributed by atoms with E-state index in [-0.39, 0.29) is 0 Å². The third-order valence-electron chi connectivity index (χ3n) is 2.74. The van der Waals surface area contributed by atoms with Gasteiger partial charge in [0.15, 0.2) is 11.7 Å². The van der Waals surface area contributed by atoms with E-state index >= 15 is 0 Å². The van der Waals surface area contributed by atoms with Gasteiger partial charge in [-0.1, -0.05) is 0 Å². The molecule has 0 amide bonds. The second-order valence-electron chi connectivity index (χ2n) is 3.72. The highest BCUT2D eigenvalue weighted by Gasteiger charge is 2.26. The predicted molar refractivity (Wildman–Crippen MR) is 64.1 cm³/mol. The molecule has 0 saturated carbocycles. The zero-order valence-corrected chi connectivity index (χ0v) is 9.96. The van der Waals surface area contributed by atoms with E-state index in [1.807, 2.05) is 11.5 Å². The molecule has 0 aromatic carbocycles. The Bertz CT molecular complexity index is 475. The summed E-state index contributed by atoms with van der Waals surface area (Å²) < 4.78 is 2.00. The lowest BCUT2D eigenvalue weighted by atomic mass is 10.4. The Morgan fingerprint density at radius 1 is 1.59 bits per heavy atom. The molecule has 0 radical (unpaired) electrons. The summed E-state index contributed by atoms with van der Waals surface area (Å²) in [4.78, 5) is 12.5. The molecule has 0 unspecified atom stereocenters. The molecule has 17 heavy (non-hydrogen) atoms. The maximum atomic E-state index is 9.45. The number of rotatable bonds is 2. The van der Waals surface area contributed by atoms with Gasteiger partial charge in [0.1, 0.15) is 0 Å². The highest BCUT2D eigenvalue weighted by atomic mass is 16.5. The Kier molecular flexibility index (Phi) is 3.21. The van der Waals surface area contributed by atoms with E-state index < -0.39 is 0 Å². The van der Waals surface area contributed by atoms with Gasteiger partial charge in [0.25, 0.3) is 0 Å². The monoisotopic (exact) mass is 236 g/mol. The van der Waals surface area contributed by atoms with Crippen LogP contribution >= 0.6 is 0 Å². The Morgan fingerprint density at radius 3 is 2.94 bits per heavy atom. The van der Waals surface area contributed by atoms with Gasteiger partial charge >= 0.3 is 0 Å². The summed E-state index contributed by atoms with van der Waals surface area (Å²) in [6, 6.07) is 0. The molecule has 1 aliphatic heterocycles. The number of nitrogens with two attached hydrogens (primary N) is 1. The van der Waals surface area contributed by atoms with E-state index in [0.717, 1.165) is 17.9 Å². The molecular formula is C10H16N6O. The van der Waals surface area contributed by atoms with E-state index in [0.29, 0.717) is 24.7 Å². The fourth-order valence-corrected chi connectivity index (χ4v) is 2.04. The van der Waals surface area contributed by atoms with Crippen LogP contribution in [0.3, 0.4) is 0 Å². The molecule has 1 aromatic heterocycles. The molecule has 1 aromatic rings. The van der Waals surface area contributed by atoms with Gasteiger partial charge < -0.3 is 15.5 Å². The van der Waals surface area contributed by atoms with Gasteiger partial charge in [0.2, 0.25) is 0 Å². The van der Waals surface area contributed by atoms with Crippen molar-refractivity contribution in [2.24, 2.45) is 15.7 Å². The minimum atomic E-state index is 0.443. The van der Waals surface area contributed by atoms with Crippen molar-refractivity contribution in [2.45, 2.75) is 26.6 Å². The molecule has 2 heterocycles. The third kappa shape index (κ3) is 1.94. The van der Waals surface area contributed by atoms with Crippen molar-refractivity contribution in [2.75, 3.05) is 7.05 Å². The molecule has 7 nitrogen and oxygen atoms in total. The maximum Gasteiger partial charge on any atom is 0.192 e. The SMILES string of the molecule is CCn1c(C(N=CN)=NC)nc2c1CN(O)C2. The maximum absolute atomic E-state index is 9.45. The van der Waals surface area contributed by atoms with Crippen LogP contribution in [0, 0.1) is 0 Å². The molecule has 2 rings (SSSR count). The van der Waals surface area contributed by atoms with E-state index in [1.165, 1.54) is 11.4 Å².